The van der Waals surface area contributed by atoms with Crippen LogP contribution in [-0.4, -0.2) is 30.0 Å². The lowest BCUT2D eigenvalue weighted by atomic mass is 9.96. The number of aromatic nitrogens is 1. The summed E-state index contributed by atoms with van der Waals surface area (Å²) in [6, 6.07) is 17.0. The molecule has 44 heavy (non-hydrogen) atoms. The van der Waals surface area contributed by atoms with Crippen molar-refractivity contribution in [2.24, 2.45) is 4.99 Å². The van der Waals surface area contributed by atoms with Crippen LogP contribution in [0.1, 0.15) is 43.5 Å². The van der Waals surface area contributed by atoms with Crippen molar-refractivity contribution < 1.29 is 23.4 Å². The average Bonchev–Trinajstić information content (AvgIpc) is 3.29. The van der Waals surface area contributed by atoms with Crippen molar-refractivity contribution in [2.75, 3.05) is 13.4 Å². The molecule has 1 aromatic heterocycles. The Hall–Kier alpha value is -3.67. The van der Waals surface area contributed by atoms with Gasteiger partial charge >= 0.3 is 5.97 Å². The summed E-state index contributed by atoms with van der Waals surface area (Å²) in [7, 11) is 1.51. The summed E-state index contributed by atoms with van der Waals surface area (Å²) < 4.78 is 33.8. The predicted molar refractivity (Wildman–Crippen MR) is 175 cm³/mol. The van der Waals surface area contributed by atoms with Gasteiger partial charge in [-0.25, -0.2) is 14.2 Å². The Bertz CT molecular complexity index is 1930. The molecular weight excluding hydrogens is 667 g/mol. The van der Waals surface area contributed by atoms with Crippen LogP contribution < -0.4 is 24.4 Å². The summed E-state index contributed by atoms with van der Waals surface area (Å²) in [5, 5.41) is 0. The Labute approximate surface area is 270 Å². The van der Waals surface area contributed by atoms with Crippen LogP contribution in [0.25, 0.3) is 6.08 Å². The monoisotopic (exact) mass is 696 g/mol. The normalized spacial score (nSPS) is 14.8. The first-order chi connectivity index (χ1) is 21.1. The van der Waals surface area contributed by atoms with E-state index in [1.165, 1.54) is 24.5 Å². The minimum absolute atomic E-state index is 0.0123. The van der Waals surface area contributed by atoms with Crippen LogP contribution in [0.2, 0.25) is 0 Å². The summed E-state index contributed by atoms with van der Waals surface area (Å²) in [6.45, 7) is 5.35. The molecule has 1 aliphatic heterocycles. The van der Waals surface area contributed by atoms with Crippen LogP contribution in [0.3, 0.4) is 0 Å². The molecule has 0 spiro atoms. The van der Waals surface area contributed by atoms with Crippen LogP contribution in [0.5, 0.6) is 11.5 Å². The molecule has 0 aliphatic carbocycles. The number of methoxy groups -OCH3 is 1. The summed E-state index contributed by atoms with van der Waals surface area (Å²) in [5.74, 6) is -0.0406. The molecule has 0 fully saturated rings. The number of allylic oxidation sites excluding steroid dienone is 1. The second-order valence-electron chi connectivity index (χ2n) is 10.2. The molecule has 3 aromatic carbocycles. The minimum Gasteiger partial charge on any atom is -0.493 e. The molecule has 0 N–H and O–H groups in total. The van der Waals surface area contributed by atoms with E-state index in [9.17, 15) is 14.0 Å². The highest BCUT2D eigenvalue weighted by Crippen LogP contribution is 2.38. The zero-order valence-corrected chi connectivity index (χ0v) is 27.9. The molecule has 0 bridgehead atoms. The molecule has 2 heterocycles. The molecule has 7 nitrogen and oxygen atoms in total. The topological polar surface area (TPSA) is 79.1 Å². The Morgan fingerprint density at radius 2 is 1.91 bits per heavy atom. The number of thiazole rings is 1. The van der Waals surface area contributed by atoms with Crippen molar-refractivity contribution in [1.29, 1.82) is 0 Å². The third kappa shape index (κ3) is 6.55. The van der Waals surface area contributed by atoms with Gasteiger partial charge in [-0.3, -0.25) is 9.36 Å². The SMILES string of the molecule is COc1cc(/C=c2\sc3n(c2=O)[C@H](c2ccc(SC)cc2)C(C(=O)OC(C)C)=C(C)N=3)cc(Br)c1OCc1ccccc1F. The molecule has 1 aliphatic rings. The van der Waals surface area contributed by atoms with Crippen molar-refractivity contribution in [2.45, 2.75) is 44.4 Å². The number of halogens is 2. The fourth-order valence-electron chi connectivity index (χ4n) is 4.84. The number of hydrogen-bond acceptors (Lipinski definition) is 8. The van der Waals surface area contributed by atoms with Gasteiger partial charge in [0.25, 0.3) is 5.56 Å². The fraction of sp³-hybridized carbons (Fsp3) is 0.242. The first kappa shape index (κ1) is 31.7. The standard InChI is InChI=1S/C33H30BrFN2O5S2/c1-18(2)42-32(39)28-19(3)36-33-37(29(28)21-10-12-23(43-5)13-11-21)31(38)27(44-33)16-20-14-24(34)30(26(15-20)40-4)41-17-22-8-6-7-9-25(22)35/h6-16,18,29H,17H2,1-5H3/b27-16-/t29-/m1/s1. The Balaban J connectivity index is 1.58. The molecule has 228 valence electrons. The van der Waals surface area contributed by atoms with Crippen LogP contribution in [0.4, 0.5) is 4.39 Å². The highest BCUT2D eigenvalue weighted by atomic mass is 79.9. The highest BCUT2D eigenvalue weighted by Gasteiger charge is 2.33. The largest absolute Gasteiger partial charge is 0.493 e. The molecule has 0 unspecified atom stereocenters. The van der Waals surface area contributed by atoms with E-state index >= 15 is 0 Å². The van der Waals surface area contributed by atoms with Gasteiger partial charge in [-0.15, -0.1) is 11.8 Å². The molecule has 0 saturated heterocycles. The molecule has 11 heteroatoms. The van der Waals surface area contributed by atoms with Gasteiger partial charge in [0.05, 0.1) is 39.5 Å². The summed E-state index contributed by atoms with van der Waals surface area (Å²) in [6.07, 6.45) is 3.40. The lowest BCUT2D eigenvalue weighted by Gasteiger charge is -2.25. The van der Waals surface area contributed by atoms with Crippen LogP contribution >= 0.6 is 39.0 Å². The molecule has 0 amide bonds. The lowest BCUT2D eigenvalue weighted by Crippen LogP contribution is -2.40. The maximum Gasteiger partial charge on any atom is 0.338 e. The molecular formula is C33H30BrFN2O5S2. The van der Waals surface area contributed by atoms with Gasteiger partial charge < -0.3 is 14.2 Å². The van der Waals surface area contributed by atoms with E-state index in [4.69, 9.17) is 14.2 Å². The van der Waals surface area contributed by atoms with E-state index in [1.54, 1.807) is 73.5 Å². The number of nitrogens with zero attached hydrogens (tertiary/aromatic N) is 2. The molecule has 5 rings (SSSR count). The number of ether oxygens (including phenoxy) is 3. The summed E-state index contributed by atoms with van der Waals surface area (Å²) in [5.41, 5.74) is 2.41. The molecule has 0 radical (unpaired) electrons. The predicted octanol–water partition coefficient (Wildman–Crippen LogP) is 6.40. The number of esters is 1. The van der Waals surface area contributed by atoms with E-state index in [0.717, 1.165) is 10.5 Å². The van der Waals surface area contributed by atoms with Gasteiger partial charge in [-0.1, -0.05) is 41.7 Å². The van der Waals surface area contributed by atoms with Crippen molar-refractivity contribution in [3.8, 4) is 11.5 Å². The van der Waals surface area contributed by atoms with E-state index in [1.807, 2.05) is 30.5 Å². The number of carbonyl (C=O) groups is 1. The first-order valence-corrected chi connectivity index (χ1v) is 16.6. The van der Waals surface area contributed by atoms with E-state index in [0.29, 0.717) is 47.7 Å². The smallest absolute Gasteiger partial charge is 0.338 e. The van der Waals surface area contributed by atoms with Gasteiger partial charge in [0, 0.05) is 10.5 Å². The van der Waals surface area contributed by atoms with Gasteiger partial charge in [0.1, 0.15) is 12.4 Å². The van der Waals surface area contributed by atoms with Crippen molar-refractivity contribution >= 4 is 51.1 Å². The van der Waals surface area contributed by atoms with Gasteiger partial charge in [0.15, 0.2) is 16.3 Å². The fourth-order valence-corrected chi connectivity index (χ4v) is 6.87. The van der Waals surface area contributed by atoms with Crippen molar-refractivity contribution in [3.05, 3.63) is 119 Å². The van der Waals surface area contributed by atoms with Gasteiger partial charge in [-0.05, 0) is 90.5 Å². The minimum atomic E-state index is -0.703. The van der Waals surface area contributed by atoms with Crippen molar-refractivity contribution in [1.82, 2.24) is 4.57 Å². The first-order valence-electron chi connectivity index (χ1n) is 13.7. The van der Waals surface area contributed by atoms with Crippen molar-refractivity contribution in [3.63, 3.8) is 0 Å². The third-order valence-electron chi connectivity index (χ3n) is 6.90. The maximum absolute atomic E-state index is 14.1. The lowest BCUT2D eigenvalue weighted by molar-refractivity contribution is -0.143. The molecule has 0 saturated carbocycles. The zero-order chi connectivity index (χ0) is 31.5. The second kappa shape index (κ2) is 13.5. The quantitative estimate of drug-likeness (QED) is 0.149. The second-order valence-corrected chi connectivity index (χ2v) is 13.0. The number of fused-ring (bicyclic) bond motifs is 1. The number of thioether (sulfide) groups is 1. The average molecular weight is 698 g/mol. The highest BCUT2D eigenvalue weighted by molar-refractivity contribution is 9.10. The van der Waals surface area contributed by atoms with Gasteiger partial charge in [0.2, 0.25) is 0 Å². The molecule has 1 atom stereocenters. The van der Waals surface area contributed by atoms with Gasteiger partial charge in [-0.2, -0.15) is 0 Å². The summed E-state index contributed by atoms with van der Waals surface area (Å²) >= 11 is 6.39. The number of rotatable bonds is 9. The molecule has 4 aromatic rings. The Kier molecular flexibility index (Phi) is 9.77. The maximum atomic E-state index is 14.1. The zero-order valence-electron chi connectivity index (χ0n) is 24.7. The number of carbonyl (C=O) groups excluding carboxylic acids is 1. The van der Waals surface area contributed by atoms with Crippen LogP contribution in [-0.2, 0) is 16.1 Å². The number of benzene rings is 3. The Morgan fingerprint density at radius 1 is 1.18 bits per heavy atom. The van der Waals surface area contributed by atoms with E-state index < -0.39 is 12.0 Å². The van der Waals surface area contributed by atoms with Crippen LogP contribution in [0.15, 0.2) is 91.1 Å². The Morgan fingerprint density at radius 3 is 2.57 bits per heavy atom. The third-order valence-corrected chi connectivity index (χ3v) is 9.21. The van der Waals surface area contributed by atoms with Crippen LogP contribution in [0, 0.1) is 5.82 Å². The number of hydrogen-bond donors (Lipinski definition) is 0. The van der Waals surface area contributed by atoms with E-state index in [-0.39, 0.29) is 24.1 Å². The van der Waals surface area contributed by atoms with E-state index in [2.05, 4.69) is 20.9 Å². The summed E-state index contributed by atoms with van der Waals surface area (Å²) in [4.78, 5) is 33.6.